The highest BCUT2D eigenvalue weighted by Gasteiger charge is 2.55. The van der Waals surface area contributed by atoms with Gasteiger partial charge in [-0.3, -0.25) is 4.79 Å². The van der Waals surface area contributed by atoms with Crippen LogP contribution in [0.2, 0.25) is 0 Å². The van der Waals surface area contributed by atoms with E-state index in [2.05, 4.69) is 12.2 Å². The molecule has 4 nitrogen and oxygen atoms in total. The van der Waals surface area contributed by atoms with Crippen molar-refractivity contribution in [2.24, 2.45) is 5.41 Å². The van der Waals surface area contributed by atoms with Crippen LogP contribution in [0.15, 0.2) is 0 Å². The summed E-state index contributed by atoms with van der Waals surface area (Å²) in [5.41, 5.74) is 0.260. The Bertz CT molecular complexity index is 313. The minimum atomic E-state index is -0.226. The number of methoxy groups -OCH3 is 1. The van der Waals surface area contributed by atoms with Gasteiger partial charge in [-0.1, -0.05) is 19.3 Å². The van der Waals surface area contributed by atoms with Crippen LogP contribution in [0.25, 0.3) is 0 Å². The van der Waals surface area contributed by atoms with Gasteiger partial charge in [-0.2, -0.15) is 0 Å². The maximum Gasteiger partial charge on any atom is 0.322 e. The first-order valence-electron chi connectivity index (χ1n) is 7.59. The Morgan fingerprint density at radius 3 is 2.63 bits per heavy atom. The first-order chi connectivity index (χ1) is 9.14. The van der Waals surface area contributed by atoms with Crippen molar-refractivity contribution in [3.8, 4) is 0 Å². The molecule has 0 radical (unpaired) electrons. The average Bonchev–Trinajstić information content (AvgIpc) is 2.46. The van der Waals surface area contributed by atoms with E-state index in [1.165, 1.54) is 39.2 Å². The van der Waals surface area contributed by atoms with Crippen molar-refractivity contribution in [3.05, 3.63) is 0 Å². The fourth-order valence-electron chi connectivity index (χ4n) is 3.84. The molecular formula is C15H27NO3. The molecule has 0 bridgehead atoms. The Hall–Kier alpha value is -0.610. The van der Waals surface area contributed by atoms with Crippen LogP contribution in [0.5, 0.6) is 0 Å². The zero-order chi connectivity index (χ0) is 13.9. The maximum atomic E-state index is 11.5. The molecule has 2 saturated carbocycles. The molecule has 2 rings (SSSR count). The summed E-state index contributed by atoms with van der Waals surface area (Å²) in [6.07, 6.45) is 7.75. The van der Waals surface area contributed by atoms with Gasteiger partial charge in [0.25, 0.3) is 0 Å². The van der Waals surface area contributed by atoms with E-state index in [-0.39, 0.29) is 17.4 Å². The zero-order valence-corrected chi connectivity index (χ0v) is 12.4. The Morgan fingerprint density at radius 2 is 2.05 bits per heavy atom. The van der Waals surface area contributed by atoms with E-state index in [0.29, 0.717) is 12.1 Å². The Labute approximate surface area is 116 Å². The highest BCUT2D eigenvalue weighted by atomic mass is 16.5. The first kappa shape index (κ1) is 14.8. The summed E-state index contributed by atoms with van der Waals surface area (Å²) in [4.78, 5) is 11.5. The lowest BCUT2D eigenvalue weighted by molar-refractivity contribution is -0.159. The number of carbonyl (C=O) groups is 1. The molecule has 0 aromatic rings. The first-order valence-corrected chi connectivity index (χ1v) is 7.59. The quantitative estimate of drug-likeness (QED) is 0.778. The third-order valence-electron chi connectivity index (χ3n) is 4.94. The molecule has 0 aromatic heterocycles. The van der Waals surface area contributed by atoms with E-state index in [1.807, 2.05) is 6.92 Å². The van der Waals surface area contributed by atoms with Crippen LogP contribution in [0.1, 0.15) is 52.4 Å². The van der Waals surface area contributed by atoms with Gasteiger partial charge in [0, 0.05) is 18.1 Å². The van der Waals surface area contributed by atoms with Crippen LogP contribution in [0, 0.1) is 5.41 Å². The molecule has 2 unspecified atom stereocenters. The zero-order valence-electron chi connectivity index (χ0n) is 12.4. The number of carbonyl (C=O) groups excluding carboxylic acids is 1. The largest absolute Gasteiger partial charge is 0.468 e. The van der Waals surface area contributed by atoms with Crippen molar-refractivity contribution < 1.29 is 14.3 Å². The molecule has 2 aliphatic carbocycles. The third kappa shape index (κ3) is 2.79. The Kier molecular flexibility index (Phi) is 4.85. The topological polar surface area (TPSA) is 47.6 Å². The molecule has 19 heavy (non-hydrogen) atoms. The standard InChI is InChI=1S/C15H27NO3/c1-4-19-13-10-12(16-11(2)14(17)18-3)15(13)8-6-5-7-9-15/h11-13,16H,4-10H2,1-3H3/t11-,12?,13?/m0/s1. The number of hydrogen-bond donors (Lipinski definition) is 1. The summed E-state index contributed by atoms with van der Waals surface area (Å²) in [7, 11) is 1.45. The van der Waals surface area contributed by atoms with Gasteiger partial charge in [0.2, 0.25) is 0 Å². The van der Waals surface area contributed by atoms with Crippen LogP contribution in [0.4, 0.5) is 0 Å². The van der Waals surface area contributed by atoms with Gasteiger partial charge >= 0.3 is 5.97 Å². The number of rotatable bonds is 5. The second kappa shape index (κ2) is 6.23. The minimum Gasteiger partial charge on any atom is -0.468 e. The molecular weight excluding hydrogens is 242 g/mol. The third-order valence-corrected chi connectivity index (χ3v) is 4.94. The second-order valence-electron chi connectivity index (χ2n) is 5.94. The Morgan fingerprint density at radius 1 is 1.37 bits per heavy atom. The van der Waals surface area contributed by atoms with Gasteiger partial charge in [-0.15, -0.1) is 0 Å². The van der Waals surface area contributed by atoms with Crippen LogP contribution in [0.3, 0.4) is 0 Å². The Balaban J connectivity index is 1.99. The van der Waals surface area contributed by atoms with Gasteiger partial charge in [0.15, 0.2) is 0 Å². The van der Waals surface area contributed by atoms with Crippen LogP contribution in [-0.2, 0) is 14.3 Å². The molecule has 4 heteroatoms. The van der Waals surface area contributed by atoms with Crippen LogP contribution < -0.4 is 5.32 Å². The molecule has 0 heterocycles. The molecule has 1 spiro atoms. The van der Waals surface area contributed by atoms with E-state index in [4.69, 9.17) is 9.47 Å². The van der Waals surface area contributed by atoms with Crippen molar-refractivity contribution >= 4 is 5.97 Å². The number of ether oxygens (including phenoxy) is 2. The van der Waals surface area contributed by atoms with Gasteiger partial charge in [-0.05, 0) is 33.1 Å². The lowest BCUT2D eigenvalue weighted by Crippen LogP contribution is -2.66. The lowest BCUT2D eigenvalue weighted by atomic mass is 9.55. The SMILES string of the molecule is CCOC1CC(N[C@@H](C)C(=O)OC)C12CCCCC2. The summed E-state index contributed by atoms with van der Waals surface area (Å²) in [5, 5.41) is 3.46. The monoisotopic (exact) mass is 269 g/mol. The normalized spacial score (nSPS) is 30.7. The average molecular weight is 269 g/mol. The summed E-state index contributed by atoms with van der Waals surface area (Å²) in [5.74, 6) is -0.175. The van der Waals surface area contributed by atoms with E-state index < -0.39 is 0 Å². The molecule has 0 amide bonds. The predicted molar refractivity (Wildman–Crippen MR) is 74.0 cm³/mol. The number of hydrogen-bond acceptors (Lipinski definition) is 4. The smallest absolute Gasteiger partial charge is 0.322 e. The van der Waals surface area contributed by atoms with Crippen molar-refractivity contribution in [3.63, 3.8) is 0 Å². The maximum absolute atomic E-state index is 11.5. The summed E-state index contributed by atoms with van der Waals surface area (Å²) < 4.78 is 10.7. The fraction of sp³-hybridized carbons (Fsp3) is 0.933. The fourth-order valence-corrected chi connectivity index (χ4v) is 3.84. The van der Waals surface area contributed by atoms with Gasteiger partial charge in [0.05, 0.1) is 13.2 Å². The summed E-state index contributed by atoms with van der Waals surface area (Å²) >= 11 is 0. The van der Waals surface area contributed by atoms with Crippen molar-refractivity contribution in [2.75, 3.05) is 13.7 Å². The molecule has 2 aliphatic rings. The lowest BCUT2D eigenvalue weighted by Gasteiger charge is -2.58. The summed E-state index contributed by atoms with van der Waals surface area (Å²) in [6, 6.07) is 0.176. The molecule has 110 valence electrons. The van der Waals surface area contributed by atoms with Crippen molar-refractivity contribution in [2.45, 2.75) is 70.6 Å². The molecule has 0 saturated heterocycles. The van der Waals surface area contributed by atoms with Gasteiger partial charge < -0.3 is 14.8 Å². The molecule has 0 aliphatic heterocycles. The van der Waals surface area contributed by atoms with E-state index in [1.54, 1.807) is 0 Å². The second-order valence-corrected chi connectivity index (χ2v) is 5.94. The van der Waals surface area contributed by atoms with Crippen molar-refractivity contribution in [1.29, 1.82) is 0 Å². The van der Waals surface area contributed by atoms with E-state index >= 15 is 0 Å². The molecule has 0 aromatic carbocycles. The number of esters is 1. The van der Waals surface area contributed by atoms with Gasteiger partial charge in [-0.25, -0.2) is 0 Å². The molecule has 1 N–H and O–H groups in total. The van der Waals surface area contributed by atoms with E-state index in [9.17, 15) is 4.79 Å². The molecule has 3 atom stereocenters. The summed E-state index contributed by atoms with van der Waals surface area (Å²) in [6.45, 7) is 4.73. The van der Waals surface area contributed by atoms with Crippen LogP contribution in [-0.4, -0.2) is 37.9 Å². The molecule has 2 fully saturated rings. The van der Waals surface area contributed by atoms with Crippen LogP contribution >= 0.6 is 0 Å². The predicted octanol–water partition coefficient (Wildman–Crippen LogP) is 2.27. The van der Waals surface area contributed by atoms with Gasteiger partial charge in [0.1, 0.15) is 6.04 Å². The highest BCUT2D eigenvalue weighted by Crippen LogP contribution is 2.53. The minimum absolute atomic E-state index is 0.175. The van der Waals surface area contributed by atoms with E-state index in [0.717, 1.165) is 13.0 Å². The van der Waals surface area contributed by atoms with Crippen molar-refractivity contribution in [1.82, 2.24) is 5.32 Å². The highest BCUT2D eigenvalue weighted by molar-refractivity contribution is 5.75. The number of nitrogens with one attached hydrogen (secondary N) is 1.